The molecule has 1 amide bonds. The first kappa shape index (κ1) is 15.9. The molecule has 2 rings (SSSR count). The highest BCUT2D eigenvalue weighted by molar-refractivity contribution is 7.16. The van der Waals surface area contributed by atoms with Crippen LogP contribution < -0.4 is 10.9 Å². The van der Waals surface area contributed by atoms with Crippen LogP contribution in [-0.4, -0.2) is 15.5 Å². The summed E-state index contributed by atoms with van der Waals surface area (Å²) in [5.41, 5.74) is 1.70. The highest BCUT2D eigenvalue weighted by Crippen LogP contribution is 2.31. The third kappa shape index (κ3) is 3.07. The van der Waals surface area contributed by atoms with Gasteiger partial charge in [0.05, 0.1) is 5.56 Å². The smallest absolute Gasteiger partial charge is 0.254 e. The fourth-order valence-electron chi connectivity index (χ4n) is 2.12. The molecule has 0 fully saturated rings. The molecule has 0 spiro atoms. The van der Waals surface area contributed by atoms with Gasteiger partial charge >= 0.3 is 0 Å². The molecule has 0 aliphatic rings. The quantitative estimate of drug-likeness (QED) is 0.938. The third-order valence-electron chi connectivity index (χ3n) is 3.38. The number of nitrogens with zero attached hydrogens (tertiary/aromatic N) is 3. The summed E-state index contributed by atoms with van der Waals surface area (Å²) in [7, 11) is 0. The zero-order valence-corrected chi connectivity index (χ0v) is 13.7. The van der Waals surface area contributed by atoms with E-state index in [4.69, 9.17) is 0 Å². The van der Waals surface area contributed by atoms with E-state index in [0.717, 1.165) is 10.4 Å². The third-order valence-corrected chi connectivity index (χ3v) is 4.50. The summed E-state index contributed by atoms with van der Waals surface area (Å²) < 4.78 is 1.31. The van der Waals surface area contributed by atoms with Gasteiger partial charge in [-0.05, 0) is 33.3 Å². The second kappa shape index (κ2) is 6.12. The number of carbonyl (C=O) groups is 1. The number of rotatable bonds is 3. The Labute approximate surface area is 132 Å². The number of hydrogen-bond donors (Lipinski definition) is 1. The second-order valence-electron chi connectivity index (χ2n) is 5.02. The lowest BCUT2D eigenvalue weighted by Gasteiger charge is -2.09. The van der Waals surface area contributed by atoms with Crippen molar-refractivity contribution in [1.82, 2.24) is 9.55 Å². The predicted octanol–water partition coefficient (Wildman–Crippen LogP) is 2.05. The van der Waals surface area contributed by atoms with Crippen LogP contribution in [0.4, 0.5) is 5.00 Å². The van der Waals surface area contributed by atoms with Crippen LogP contribution in [0.3, 0.4) is 0 Å². The molecule has 2 aromatic rings. The van der Waals surface area contributed by atoms with E-state index in [1.165, 1.54) is 22.0 Å². The number of aromatic nitrogens is 2. The van der Waals surface area contributed by atoms with Crippen molar-refractivity contribution in [2.45, 2.75) is 34.2 Å². The van der Waals surface area contributed by atoms with Gasteiger partial charge in [-0.25, -0.2) is 4.98 Å². The molecular weight excluding hydrogens is 300 g/mol. The van der Waals surface area contributed by atoms with Gasteiger partial charge < -0.3 is 5.32 Å². The number of thiophene rings is 1. The van der Waals surface area contributed by atoms with Crippen molar-refractivity contribution in [3.8, 4) is 6.07 Å². The van der Waals surface area contributed by atoms with Crippen molar-refractivity contribution in [3.05, 3.63) is 43.9 Å². The zero-order valence-electron chi connectivity index (χ0n) is 12.9. The zero-order chi connectivity index (χ0) is 16.4. The molecule has 0 aromatic carbocycles. The average molecular weight is 316 g/mol. The molecule has 0 bridgehead atoms. The van der Waals surface area contributed by atoms with E-state index >= 15 is 0 Å². The van der Waals surface area contributed by atoms with Crippen LogP contribution in [0, 0.1) is 39.0 Å². The molecule has 0 atom stereocenters. The molecule has 0 saturated heterocycles. The van der Waals surface area contributed by atoms with Gasteiger partial charge in [0.1, 0.15) is 23.4 Å². The molecule has 0 aliphatic heterocycles. The Morgan fingerprint density at radius 2 is 2.09 bits per heavy atom. The standard InChI is InChI=1S/C15H16N4O2S/c1-8-5-14(21)19(11(4)17-8)7-13(20)18-15-12(6-16)9(2)10(3)22-15/h5H,7H2,1-4H3,(H,18,20). The fourth-order valence-corrected chi connectivity index (χ4v) is 3.14. The van der Waals surface area contributed by atoms with Crippen LogP contribution in [0.15, 0.2) is 10.9 Å². The summed E-state index contributed by atoms with van der Waals surface area (Å²) in [6.07, 6.45) is 0. The van der Waals surface area contributed by atoms with E-state index in [1.54, 1.807) is 13.8 Å². The Morgan fingerprint density at radius 1 is 1.41 bits per heavy atom. The number of aryl methyl sites for hydroxylation is 3. The van der Waals surface area contributed by atoms with E-state index < -0.39 is 0 Å². The molecule has 6 nitrogen and oxygen atoms in total. The van der Waals surface area contributed by atoms with Gasteiger partial charge in [0.25, 0.3) is 5.56 Å². The molecule has 114 valence electrons. The summed E-state index contributed by atoms with van der Waals surface area (Å²) in [5.74, 6) is 0.132. The van der Waals surface area contributed by atoms with Crippen LogP contribution in [0.2, 0.25) is 0 Å². The first-order chi connectivity index (χ1) is 10.3. The van der Waals surface area contributed by atoms with Gasteiger partial charge in [-0.1, -0.05) is 0 Å². The van der Waals surface area contributed by atoms with E-state index in [0.29, 0.717) is 22.1 Å². The predicted molar refractivity (Wildman–Crippen MR) is 85.1 cm³/mol. The van der Waals surface area contributed by atoms with Crippen LogP contribution in [-0.2, 0) is 11.3 Å². The summed E-state index contributed by atoms with van der Waals surface area (Å²) in [4.78, 5) is 29.2. The molecule has 2 aromatic heterocycles. The Bertz CT molecular complexity index is 842. The van der Waals surface area contributed by atoms with Crippen LogP contribution >= 0.6 is 11.3 Å². The van der Waals surface area contributed by atoms with E-state index in [-0.39, 0.29) is 18.0 Å². The SMILES string of the molecule is Cc1cc(=O)n(CC(=O)Nc2sc(C)c(C)c2C#N)c(C)n1. The minimum Gasteiger partial charge on any atom is -0.315 e. The minimum absolute atomic E-state index is 0.126. The van der Waals surface area contributed by atoms with Gasteiger partial charge in [0, 0.05) is 16.6 Å². The first-order valence-electron chi connectivity index (χ1n) is 6.68. The maximum atomic E-state index is 12.2. The van der Waals surface area contributed by atoms with Crippen molar-refractivity contribution in [3.63, 3.8) is 0 Å². The molecule has 7 heteroatoms. The van der Waals surface area contributed by atoms with Crippen molar-refractivity contribution in [2.75, 3.05) is 5.32 Å². The lowest BCUT2D eigenvalue weighted by Crippen LogP contribution is -2.29. The van der Waals surface area contributed by atoms with Gasteiger partial charge in [-0.15, -0.1) is 11.3 Å². The maximum Gasteiger partial charge on any atom is 0.254 e. The molecule has 1 N–H and O–H groups in total. The lowest BCUT2D eigenvalue weighted by atomic mass is 10.2. The topological polar surface area (TPSA) is 87.8 Å². The molecule has 0 radical (unpaired) electrons. The van der Waals surface area contributed by atoms with Gasteiger partial charge in [-0.3, -0.25) is 14.2 Å². The van der Waals surface area contributed by atoms with Crippen LogP contribution in [0.5, 0.6) is 0 Å². The Morgan fingerprint density at radius 3 is 2.68 bits per heavy atom. The number of hydrogen-bond acceptors (Lipinski definition) is 5. The number of carbonyl (C=O) groups excluding carboxylic acids is 1. The van der Waals surface area contributed by atoms with Crippen molar-refractivity contribution in [1.29, 1.82) is 5.26 Å². The molecule has 0 unspecified atom stereocenters. The molecule has 2 heterocycles. The fraction of sp³-hybridized carbons (Fsp3) is 0.333. The Hall–Kier alpha value is -2.46. The number of amides is 1. The maximum absolute atomic E-state index is 12.2. The summed E-state index contributed by atoms with van der Waals surface area (Å²) in [6.45, 7) is 7.03. The van der Waals surface area contributed by atoms with E-state index in [9.17, 15) is 14.9 Å². The number of anilines is 1. The summed E-state index contributed by atoms with van der Waals surface area (Å²) in [5, 5.41) is 12.4. The Kier molecular flexibility index (Phi) is 4.43. The molecular formula is C15H16N4O2S. The monoisotopic (exact) mass is 316 g/mol. The van der Waals surface area contributed by atoms with Crippen LogP contribution in [0.25, 0.3) is 0 Å². The molecule has 0 aliphatic carbocycles. The van der Waals surface area contributed by atoms with Gasteiger partial charge in [0.2, 0.25) is 5.91 Å². The van der Waals surface area contributed by atoms with E-state index in [1.807, 2.05) is 13.8 Å². The van der Waals surface area contributed by atoms with Crippen molar-refractivity contribution < 1.29 is 4.79 Å². The second-order valence-corrected chi connectivity index (χ2v) is 6.24. The lowest BCUT2D eigenvalue weighted by molar-refractivity contribution is -0.116. The average Bonchev–Trinajstić information content (AvgIpc) is 2.68. The number of nitrogens with one attached hydrogen (secondary N) is 1. The summed E-state index contributed by atoms with van der Waals surface area (Å²) in [6, 6.07) is 3.49. The van der Waals surface area contributed by atoms with Crippen molar-refractivity contribution >= 4 is 22.2 Å². The van der Waals surface area contributed by atoms with Gasteiger partial charge in [-0.2, -0.15) is 5.26 Å². The van der Waals surface area contributed by atoms with E-state index in [2.05, 4.69) is 16.4 Å². The van der Waals surface area contributed by atoms with Crippen LogP contribution in [0.1, 0.15) is 27.5 Å². The largest absolute Gasteiger partial charge is 0.315 e. The highest BCUT2D eigenvalue weighted by Gasteiger charge is 2.15. The minimum atomic E-state index is -0.353. The van der Waals surface area contributed by atoms with Crippen molar-refractivity contribution in [2.24, 2.45) is 0 Å². The summed E-state index contributed by atoms with van der Waals surface area (Å²) >= 11 is 1.36. The first-order valence-corrected chi connectivity index (χ1v) is 7.50. The Balaban J connectivity index is 2.24. The number of nitriles is 1. The molecule has 22 heavy (non-hydrogen) atoms. The highest BCUT2D eigenvalue weighted by atomic mass is 32.1. The normalized spacial score (nSPS) is 10.3. The van der Waals surface area contributed by atoms with Gasteiger partial charge in [0.15, 0.2) is 0 Å². The molecule has 0 saturated carbocycles.